The lowest BCUT2D eigenvalue weighted by Gasteiger charge is -2.34. The fraction of sp³-hybridized carbons (Fsp3) is 0.500. The second-order valence-electron chi connectivity index (χ2n) is 10.7. The molecule has 0 unspecified atom stereocenters. The molecule has 1 saturated heterocycles. The van der Waals surface area contributed by atoms with E-state index in [4.69, 9.17) is 4.99 Å². The van der Waals surface area contributed by atoms with E-state index < -0.39 is 12.2 Å². The summed E-state index contributed by atoms with van der Waals surface area (Å²) in [5.41, 5.74) is 4.71. The Morgan fingerprint density at radius 2 is 1.68 bits per heavy atom. The molecule has 2 aromatic carbocycles. The van der Waals surface area contributed by atoms with Gasteiger partial charge in [0.1, 0.15) is 0 Å². The largest absolute Gasteiger partial charge is 0.369 e. The van der Waals surface area contributed by atoms with Gasteiger partial charge in [0.15, 0.2) is 0 Å². The maximum atomic E-state index is 13.7. The third-order valence-electron chi connectivity index (χ3n) is 7.94. The number of fused-ring (bicyclic) bond motifs is 1. The minimum Gasteiger partial charge on any atom is -0.369 e. The van der Waals surface area contributed by atoms with Gasteiger partial charge in [0, 0.05) is 55.6 Å². The Morgan fingerprint density at radius 1 is 0.974 bits per heavy atom. The van der Waals surface area contributed by atoms with E-state index in [2.05, 4.69) is 40.5 Å². The van der Waals surface area contributed by atoms with Crippen LogP contribution in [-0.2, 0) is 4.79 Å². The van der Waals surface area contributed by atoms with Crippen LogP contribution in [0.2, 0.25) is 0 Å². The number of hydrogen-bond donors (Lipinski definition) is 2. The number of para-hydroxylation sites is 1. The number of rotatable bonds is 6. The lowest BCUT2D eigenvalue weighted by atomic mass is 9.83. The Morgan fingerprint density at radius 3 is 2.39 bits per heavy atom. The third-order valence-corrected chi connectivity index (χ3v) is 7.94. The number of likely N-dealkylation sites (N-methyl/N-ethyl adjacent to an activating group) is 1. The smallest absolute Gasteiger partial charge is 0.321 e. The van der Waals surface area contributed by atoms with Gasteiger partial charge in [-0.1, -0.05) is 44.4 Å². The van der Waals surface area contributed by atoms with Gasteiger partial charge < -0.3 is 25.3 Å². The molecule has 0 radical (unpaired) electrons. The van der Waals surface area contributed by atoms with Crippen LogP contribution >= 0.6 is 0 Å². The lowest BCUT2D eigenvalue weighted by Crippen LogP contribution is -2.49. The minimum absolute atomic E-state index is 0.189. The minimum atomic E-state index is -0.963. The highest BCUT2D eigenvalue weighted by Crippen LogP contribution is 2.34. The van der Waals surface area contributed by atoms with Crippen molar-refractivity contribution in [1.82, 2.24) is 10.2 Å². The third kappa shape index (κ3) is 5.85. The summed E-state index contributed by atoms with van der Waals surface area (Å²) in [5, 5.41) is 5.80. The van der Waals surface area contributed by atoms with Crippen molar-refractivity contribution >= 4 is 34.7 Å². The highest BCUT2D eigenvalue weighted by atomic mass is 16.2. The molecule has 3 amide bonds. The number of nitrogens with zero attached hydrogens (tertiary/aromatic N) is 4. The number of hydrogen-bond acceptors (Lipinski definition) is 5. The molecule has 3 aliphatic rings. The molecule has 8 nitrogen and oxygen atoms in total. The van der Waals surface area contributed by atoms with Crippen LogP contribution in [-0.4, -0.2) is 68.5 Å². The number of benzodiazepines with no additional fused rings is 1. The summed E-state index contributed by atoms with van der Waals surface area (Å²) in [6.45, 7) is 6.71. The molecule has 2 fully saturated rings. The van der Waals surface area contributed by atoms with Gasteiger partial charge in [-0.05, 0) is 56.6 Å². The summed E-state index contributed by atoms with van der Waals surface area (Å²) < 4.78 is 0. The van der Waals surface area contributed by atoms with Crippen molar-refractivity contribution in [3.05, 3.63) is 54.1 Å². The van der Waals surface area contributed by atoms with Crippen LogP contribution in [0.15, 0.2) is 53.5 Å². The molecule has 1 atom stereocenters. The van der Waals surface area contributed by atoms with E-state index in [0.29, 0.717) is 18.2 Å². The normalized spacial score (nSPS) is 20.9. The van der Waals surface area contributed by atoms with Gasteiger partial charge in [0.2, 0.25) is 6.17 Å². The van der Waals surface area contributed by atoms with E-state index in [-0.39, 0.29) is 5.91 Å². The Hall–Kier alpha value is -3.39. The molecule has 0 bridgehead atoms. The molecule has 2 heterocycles. The monoisotopic (exact) mass is 516 g/mol. The highest BCUT2D eigenvalue weighted by Gasteiger charge is 2.34. The zero-order valence-electron chi connectivity index (χ0n) is 22.7. The molecule has 8 heteroatoms. The van der Waals surface area contributed by atoms with Gasteiger partial charge in [0.25, 0.3) is 5.91 Å². The fourth-order valence-electron chi connectivity index (χ4n) is 5.82. The van der Waals surface area contributed by atoms with Crippen molar-refractivity contribution in [1.29, 1.82) is 0 Å². The molecule has 0 aromatic heterocycles. The second kappa shape index (κ2) is 12.0. The molecular formula is C30H40N6O2. The molecule has 5 rings (SSSR count). The molecular weight excluding hydrogens is 476 g/mol. The van der Waals surface area contributed by atoms with Gasteiger partial charge in [0.05, 0.1) is 11.4 Å². The first-order chi connectivity index (χ1) is 18.5. The number of nitrogens with one attached hydrogen (secondary N) is 2. The van der Waals surface area contributed by atoms with Crippen LogP contribution in [0.4, 0.5) is 21.9 Å². The van der Waals surface area contributed by atoms with E-state index >= 15 is 0 Å². The number of benzene rings is 2. The van der Waals surface area contributed by atoms with E-state index in [1.54, 1.807) is 4.90 Å². The summed E-state index contributed by atoms with van der Waals surface area (Å²) >= 11 is 0. The van der Waals surface area contributed by atoms with Crippen molar-refractivity contribution in [3.8, 4) is 0 Å². The lowest BCUT2D eigenvalue weighted by molar-refractivity contribution is -0.120. The first-order valence-corrected chi connectivity index (χ1v) is 14.1. The summed E-state index contributed by atoms with van der Waals surface area (Å²) in [4.78, 5) is 38.3. The van der Waals surface area contributed by atoms with Crippen LogP contribution in [0.5, 0.6) is 0 Å². The molecule has 0 spiro atoms. The number of anilines is 3. The molecule has 2 aromatic rings. The van der Waals surface area contributed by atoms with Crippen LogP contribution in [0.25, 0.3) is 0 Å². The van der Waals surface area contributed by atoms with Crippen LogP contribution in [0, 0.1) is 5.92 Å². The molecule has 1 saturated carbocycles. The number of aliphatic imine (C=N–C) groups is 1. The van der Waals surface area contributed by atoms with E-state index in [1.807, 2.05) is 42.5 Å². The predicted molar refractivity (Wildman–Crippen MR) is 154 cm³/mol. The Kier molecular flexibility index (Phi) is 8.27. The zero-order chi connectivity index (χ0) is 26.5. The summed E-state index contributed by atoms with van der Waals surface area (Å²) in [6.07, 6.45) is 5.56. The van der Waals surface area contributed by atoms with Crippen molar-refractivity contribution < 1.29 is 9.59 Å². The van der Waals surface area contributed by atoms with E-state index in [9.17, 15) is 9.59 Å². The molecule has 1 aliphatic carbocycles. The highest BCUT2D eigenvalue weighted by molar-refractivity contribution is 6.14. The van der Waals surface area contributed by atoms with Crippen molar-refractivity contribution in [2.75, 3.05) is 54.9 Å². The first-order valence-electron chi connectivity index (χ1n) is 14.1. The standard InChI is InChI=1S/C30H40N6O2/c1-3-17-36-26-12-8-7-11-25(26)27(22-9-5-4-6-10-22)32-28(29(36)37)33-30(38)31-23-13-15-24(16-14-23)35-20-18-34(2)19-21-35/h7-8,11-16,22,28H,3-6,9-10,17-21H2,1-2H3,(H2,31,33,38)/t28-/m0/s1. The number of amides is 3. The number of piperazine rings is 1. The van der Waals surface area contributed by atoms with Gasteiger partial charge in [-0.2, -0.15) is 0 Å². The van der Waals surface area contributed by atoms with Crippen LogP contribution in [0.3, 0.4) is 0 Å². The Labute approximate surface area is 226 Å². The van der Waals surface area contributed by atoms with Crippen molar-refractivity contribution in [3.63, 3.8) is 0 Å². The van der Waals surface area contributed by atoms with Gasteiger partial charge in [-0.25, -0.2) is 4.79 Å². The average Bonchev–Trinajstić information content (AvgIpc) is 3.05. The molecule has 38 heavy (non-hydrogen) atoms. The van der Waals surface area contributed by atoms with Crippen molar-refractivity contribution in [2.45, 2.75) is 51.6 Å². The number of carbonyl (C=O) groups excluding carboxylic acids is 2. The topological polar surface area (TPSA) is 80.3 Å². The maximum absolute atomic E-state index is 13.7. The average molecular weight is 517 g/mol. The molecule has 2 N–H and O–H groups in total. The molecule has 202 valence electrons. The van der Waals surface area contributed by atoms with E-state index in [0.717, 1.165) is 68.1 Å². The fourth-order valence-corrected chi connectivity index (χ4v) is 5.82. The Balaban J connectivity index is 1.34. The summed E-state index contributed by atoms with van der Waals surface area (Å²) in [5.74, 6) is 0.111. The van der Waals surface area contributed by atoms with Crippen molar-refractivity contribution in [2.24, 2.45) is 10.9 Å². The number of carbonyl (C=O) groups is 2. The molecule has 2 aliphatic heterocycles. The SMILES string of the molecule is CCCN1C(=O)[C@H](NC(=O)Nc2ccc(N3CCN(C)CC3)cc2)N=C(C2CCCCC2)c2ccccc21. The Bertz CT molecular complexity index is 1150. The predicted octanol–water partition coefficient (Wildman–Crippen LogP) is 4.71. The quantitative estimate of drug-likeness (QED) is 0.583. The van der Waals surface area contributed by atoms with Gasteiger partial charge in [-0.3, -0.25) is 9.79 Å². The first kappa shape index (κ1) is 26.2. The summed E-state index contributed by atoms with van der Waals surface area (Å²) in [7, 11) is 2.14. The number of urea groups is 1. The van der Waals surface area contributed by atoms with Gasteiger partial charge >= 0.3 is 6.03 Å². The van der Waals surface area contributed by atoms with E-state index in [1.165, 1.54) is 19.3 Å². The van der Waals surface area contributed by atoms with Crippen LogP contribution in [0.1, 0.15) is 51.0 Å². The van der Waals surface area contributed by atoms with Crippen LogP contribution < -0.4 is 20.4 Å². The van der Waals surface area contributed by atoms with Gasteiger partial charge in [-0.15, -0.1) is 0 Å². The summed E-state index contributed by atoms with van der Waals surface area (Å²) in [6, 6.07) is 15.5. The second-order valence-corrected chi connectivity index (χ2v) is 10.7. The maximum Gasteiger partial charge on any atom is 0.321 e. The zero-order valence-corrected chi connectivity index (χ0v) is 22.7.